The van der Waals surface area contributed by atoms with Crippen molar-refractivity contribution in [2.45, 2.75) is 6.61 Å². The Morgan fingerprint density at radius 1 is 1.42 bits per heavy atom. The summed E-state index contributed by atoms with van der Waals surface area (Å²) in [5.74, 6) is -1.45. The van der Waals surface area contributed by atoms with Crippen LogP contribution in [0, 0.1) is 5.82 Å². The van der Waals surface area contributed by atoms with E-state index in [9.17, 15) is 9.18 Å². The minimum atomic E-state index is -1.13. The number of pyridine rings is 1. The van der Waals surface area contributed by atoms with E-state index in [1.165, 1.54) is 12.1 Å². The summed E-state index contributed by atoms with van der Waals surface area (Å²) >= 11 is 5.83. The molecule has 2 rings (SSSR count). The van der Waals surface area contributed by atoms with E-state index in [1.54, 1.807) is 18.2 Å². The van der Waals surface area contributed by atoms with Crippen LogP contribution >= 0.6 is 11.6 Å². The first kappa shape index (κ1) is 13.3. The fourth-order valence-electron chi connectivity index (χ4n) is 1.41. The smallest absolute Gasteiger partial charge is 0.337 e. The SMILES string of the molecule is O=C(O)c1cnc(OCc2ccccc2F)c(Cl)c1. The highest BCUT2D eigenvalue weighted by Crippen LogP contribution is 2.23. The Bertz CT molecular complexity index is 619. The summed E-state index contributed by atoms with van der Waals surface area (Å²) in [6, 6.07) is 7.39. The van der Waals surface area contributed by atoms with Gasteiger partial charge in [-0.05, 0) is 12.1 Å². The van der Waals surface area contributed by atoms with Crippen LogP contribution in [0.3, 0.4) is 0 Å². The third kappa shape index (κ3) is 3.20. The Balaban J connectivity index is 2.12. The number of ether oxygens (including phenoxy) is 1. The highest BCUT2D eigenvalue weighted by molar-refractivity contribution is 6.32. The van der Waals surface area contributed by atoms with E-state index in [4.69, 9.17) is 21.4 Å². The number of rotatable bonds is 4. The molecular weight excluding hydrogens is 273 g/mol. The van der Waals surface area contributed by atoms with Gasteiger partial charge in [0.05, 0.1) is 5.56 Å². The molecule has 98 valence electrons. The van der Waals surface area contributed by atoms with E-state index in [0.29, 0.717) is 5.56 Å². The molecule has 0 amide bonds. The molecule has 4 nitrogen and oxygen atoms in total. The number of halogens is 2. The van der Waals surface area contributed by atoms with Crippen molar-refractivity contribution in [1.82, 2.24) is 4.98 Å². The minimum Gasteiger partial charge on any atom is -0.478 e. The van der Waals surface area contributed by atoms with Gasteiger partial charge in [0.25, 0.3) is 0 Å². The van der Waals surface area contributed by atoms with Gasteiger partial charge in [-0.1, -0.05) is 29.8 Å². The van der Waals surface area contributed by atoms with Crippen LogP contribution in [0.1, 0.15) is 15.9 Å². The van der Waals surface area contributed by atoms with E-state index in [2.05, 4.69) is 4.98 Å². The summed E-state index contributed by atoms with van der Waals surface area (Å²) in [6.07, 6.45) is 1.13. The number of aromatic nitrogens is 1. The number of aromatic carboxylic acids is 1. The first-order valence-electron chi connectivity index (χ1n) is 5.33. The van der Waals surface area contributed by atoms with Crippen LogP contribution in [0.5, 0.6) is 5.88 Å². The van der Waals surface area contributed by atoms with Gasteiger partial charge in [0.1, 0.15) is 17.4 Å². The zero-order chi connectivity index (χ0) is 13.8. The van der Waals surface area contributed by atoms with Crippen LogP contribution in [-0.2, 0) is 6.61 Å². The molecule has 0 saturated heterocycles. The van der Waals surface area contributed by atoms with Gasteiger partial charge in [0.15, 0.2) is 0 Å². The topological polar surface area (TPSA) is 59.4 Å². The Morgan fingerprint density at radius 2 is 2.16 bits per heavy atom. The molecule has 1 aromatic heterocycles. The lowest BCUT2D eigenvalue weighted by atomic mass is 10.2. The molecule has 0 spiro atoms. The second-order valence-corrected chi connectivity index (χ2v) is 4.10. The molecule has 19 heavy (non-hydrogen) atoms. The molecule has 0 saturated carbocycles. The molecule has 1 aromatic carbocycles. The van der Waals surface area contributed by atoms with Crippen molar-refractivity contribution in [2.24, 2.45) is 0 Å². The van der Waals surface area contributed by atoms with E-state index >= 15 is 0 Å². The highest BCUT2D eigenvalue weighted by Gasteiger charge is 2.10. The number of carboxylic acids is 1. The number of carboxylic acid groups (broad SMARTS) is 1. The van der Waals surface area contributed by atoms with Crippen LogP contribution < -0.4 is 4.74 Å². The lowest BCUT2D eigenvalue weighted by Gasteiger charge is -2.08. The molecule has 1 heterocycles. The van der Waals surface area contributed by atoms with Crippen molar-refractivity contribution in [2.75, 3.05) is 0 Å². The summed E-state index contributed by atoms with van der Waals surface area (Å²) in [4.78, 5) is 14.5. The van der Waals surface area contributed by atoms with Crippen molar-refractivity contribution in [3.8, 4) is 5.88 Å². The first-order valence-corrected chi connectivity index (χ1v) is 5.71. The molecule has 0 atom stereocenters. The Morgan fingerprint density at radius 3 is 2.79 bits per heavy atom. The minimum absolute atomic E-state index is 0.0359. The maximum absolute atomic E-state index is 13.4. The molecule has 0 fully saturated rings. The van der Waals surface area contributed by atoms with Crippen molar-refractivity contribution in [3.05, 3.63) is 58.5 Å². The fraction of sp³-hybridized carbons (Fsp3) is 0.0769. The largest absolute Gasteiger partial charge is 0.478 e. The zero-order valence-electron chi connectivity index (χ0n) is 9.64. The van der Waals surface area contributed by atoms with Crippen molar-refractivity contribution in [3.63, 3.8) is 0 Å². The first-order chi connectivity index (χ1) is 9.08. The maximum Gasteiger partial charge on any atom is 0.337 e. The van der Waals surface area contributed by atoms with E-state index in [1.807, 2.05) is 0 Å². The van der Waals surface area contributed by atoms with Crippen LogP contribution in [0.2, 0.25) is 5.02 Å². The van der Waals surface area contributed by atoms with Crippen molar-refractivity contribution >= 4 is 17.6 Å². The number of hydrogen-bond acceptors (Lipinski definition) is 3. The lowest BCUT2D eigenvalue weighted by molar-refractivity contribution is 0.0696. The molecule has 0 aliphatic carbocycles. The number of carbonyl (C=O) groups is 1. The van der Waals surface area contributed by atoms with Crippen molar-refractivity contribution < 1.29 is 19.0 Å². The van der Waals surface area contributed by atoms with E-state index in [0.717, 1.165) is 6.20 Å². The normalized spacial score (nSPS) is 10.2. The van der Waals surface area contributed by atoms with E-state index < -0.39 is 5.97 Å². The van der Waals surface area contributed by atoms with Gasteiger partial charge in [0.2, 0.25) is 5.88 Å². The Kier molecular flexibility index (Phi) is 3.97. The number of nitrogens with zero attached hydrogens (tertiary/aromatic N) is 1. The van der Waals surface area contributed by atoms with Gasteiger partial charge in [-0.2, -0.15) is 0 Å². The summed E-state index contributed by atoms with van der Waals surface area (Å²) in [7, 11) is 0. The van der Waals surface area contributed by atoms with Gasteiger partial charge in [0, 0.05) is 11.8 Å². The second kappa shape index (κ2) is 5.67. The van der Waals surface area contributed by atoms with Crippen LogP contribution in [-0.4, -0.2) is 16.1 Å². The zero-order valence-corrected chi connectivity index (χ0v) is 10.4. The summed E-state index contributed by atoms with van der Waals surface area (Å²) in [5, 5.41) is 8.82. The highest BCUT2D eigenvalue weighted by atomic mass is 35.5. The molecule has 0 radical (unpaired) electrons. The molecule has 2 aromatic rings. The molecule has 1 N–H and O–H groups in total. The molecule has 0 aliphatic heterocycles. The van der Waals surface area contributed by atoms with Gasteiger partial charge in [-0.3, -0.25) is 0 Å². The number of benzene rings is 1. The molecule has 0 unspecified atom stereocenters. The van der Waals surface area contributed by atoms with Crippen LogP contribution in [0.4, 0.5) is 4.39 Å². The third-order valence-electron chi connectivity index (χ3n) is 2.38. The fourth-order valence-corrected chi connectivity index (χ4v) is 1.63. The molecule has 0 bridgehead atoms. The van der Waals surface area contributed by atoms with Crippen molar-refractivity contribution in [1.29, 1.82) is 0 Å². The number of hydrogen-bond donors (Lipinski definition) is 1. The maximum atomic E-state index is 13.4. The Labute approximate surface area is 113 Å². The average Bonchev–Trinajstić information content (AvgIpc) is 2.39. The predicted octanol–water partition coefficient (Wildman–Crippen LogP) is 3.15. The summed E-state index contributed by atoms with van der Waals surface area (Å²) in [5.41, 5.74) is 0.325. The molecule has 6 heteroatoms. The van der Waals surface area contributed by atoms with Crippen LogP contribution in [0.25, 0.3) is 0 Å². The van der Waals surface area contributed by atoms with Crippen LogP contribution in [0.15, 0.2) is 36.5 Å². The average molecular weight is 282 g/mol. The third-order valence-corrected chi connectivity index (χ3v) is 2.65. The molecular formula is C13H9ClFNO3. The predicted molar refractivity (Wildman–Crippen MR) is 66.9 cm³/mol. The summed E-state index contributed by atoms with van der Waals surface area (Å²) in [6.45, 7) is -0.0359. The van der Waals surface area contributed by atoms with E-state index in [-0.39, 0.29) is 28.9 Å². The van der Waals surface area contributed by atoms with Gasteiger partial charge in [-0.25, -0.2) is 14.2 Å². The lowest BCUT2D eigenvalue weighted by Crippen LogP contribution is -2.02. The summed E-state index contributed by atoms with van der Waals surface area (Å²) < 4.78 is 18.6. The van der Waals surface area contributed by atoms with Gasteiger partial charge >= 0.3 is 5.97 Å². The molecule has 0 aliphatic rings. The quantitative estimate of drug-likeness (QED) is 0.935. The second-order valence-electron chi connectivity index (χ2n) is 3.70. The van der Waals surface area contributed by atoms with Gasteiger partial charge < -0.3 is 9.84 Å². The Hall–Kier alpha value is -2.14. The standard InChI is InChI=1S/C13H9ClFNO3/c14-10-5-9(13(17)18)6-16-12(10)19-7-8-3-1-2-4-11(8)15/h1-6H,7H2,(H,17,18). The van der Waals surface area contributed by atoms with Gasteiger partial charge in [-0.15, -0.1) is 0 Å². The monoisotopic (exact) mass is 281 g/mol.